The Kier molecular flexibility index (Phi) is 7.97. The number of hydrogen-bond acceptors (Lipinski definition) is 7. The van der Waals surface area contributed by atoms with Crippen molar-refractivity contribution in [3.63, 3.8) is 0 Å². The predicted molar refractivity (Wildman–Crippen MR) is 153 cm³/mol. The van der Waals surface area contributed by atoms with Crippen molar-refractivity contribution in [3.05, 3.63) is 82.5 Å². The molecular weight excluding hydrogens is 569 g/mol. The topological polar surface area (TPSA) is 113 Å². The van der Waals surface area contributed by atoms with Crippen molar-refractivity contribution in [1.82, 2.24) is 19.4 Å². The molecular formula is C29H31ClFN5O4S. The molecule has 2 aromatic heterocycles. The number of hydrogen-bond donors (Lipinski definition) is 1. The zero-order chi connectivity index (χ0) is 28.6. The number of halogens is 2. The van der Waals surface area contributed by atoms with Gasteiger partial charge in [0.1, 0.15) is 18.2 Å². The number of rotatable bonds is 9. The van der Waals surface area contributed by atoms with Crippen LogP contribution in [0.15, 0.2) is 59.5 Å². The summed E-state index contributed by atoms with van der Waals surface area (Å²) < 4.78 is 51.5. The molecule has 2 aliphatic heterocycles. The summed E-state index contributed by atoms with van der Waals surface area (Å²) >= 11 is 5.84. The fraction of sp³-hybridized carbons (Fsp3) is 0.379. The van der Waals surface area contributed by atoms with Crippen molar-refractivity contribution < 1.29 is 22.3 Å². The molecule has 4 heterocycles. The molecule has 0 spiro atoms. The molecule has 216 valence electrons. The van der Waals surface area contributed by atoms with Gasteiger partial charge in [0, 0.05) is 34.9 Å². The Morgan fingerprint density at radius 1 is 1.07 bits per heavy atom. The Labute approximate surface area is 243 Å². The third-order valence-corrected chi connectivity index (χ3v) is 8.96. The molecule has 2 fully saturated rings. The van der Waals surface area contributed by atoms with Crippen LogP contribution in [-0.4, -0.2) is 53.7 Å². The average molecular weight is 600 g/mol. The van der Waals surface area contributed by atoms with E-state index < -0.39 is 15.8 Å². The first-order chi connectivity index (χ1) is 19.7. The van der Waals surface area contributed by atoms with Crippen molar-refractivity contribution in [1.29, 1.82) is 0 Å². The second-order valence-corrected chi connectivity index (χ2v) is 12.6. The van der Waals surface area contributed by atoms with E-state index in [9.17, 15) is 12.8 Å². The molecule has 12 heteroatoms. The Morgan fingerprint density at radius 3 is 2.59 bits per heavy atom. The van der Waals surface area contributed by atoms with E-state index in [1.165, 1.54) is 12.1 Å². The lowest BCUT2D eigenvalue weighted by Gasteiger charge is -2.32. The van der Waals surface area contributed by atoms with Crippen LogP contribution in [0.5, 0.6) is 5.88 Å². The first kappa shape index (κ1) is 28.0. The number of piperidine rings is 1. The molecule has 6 rings (SSSR count). The highest BCUT2D eigenvalue weighted by Crippen LogP contribution is 2.30. The number of nitrogens with zero attached hydrogens (tertiary/aromatic N) is 4. The highest BCUT2D eigenvalue weighted by Gasteiger charge is 2.26. The lowest BCUT2D eigenvalue weighted by Crippen LogP contribution is -2.35. The van der Waals surface area contributed by atoms with Crippen LogP contribution >= 0.6 is 11.6 Å². The van der Waals surface area contributed by atoms with E-state index in [2.05, 4.69) is 9.47 Å². The molecule has 2 aliphatic rings. The smallest absolute Gasteiger partial charge is 0.238 e. The van der Waals surface area contributed by atoms with Crippen molar-refractivity contribution in [3.8, 4) is 5.88 Å². The third kappa shape index (κ3) is 6.39. The number of ether oxygens (including phenoxy) is 2. The number of sulfonamides is 1. The summed E-state index contributed by atoms with van der Waals surface area (Å²) in [6.45, 7) is 3.87. The first-order valence-electron chi connectivity index (χ1n) is 13.6. The first-order valence-corrected chi connectivity index (χ1v) is 15.5. The molecule has 0 bridgehead atoms. The van der Waals surface area contributed by atoms with Gasteiger partial charge in [-0.1, -0.05) is 23.7 Å². The largest absolute Gasteiger partial charge is 0.473 e. The van der Waals surface area contributed by atoms with Crippen molar-refractivity contribution >= 4 is 32.7 Å². The van der Waals surface area contributed by atoms with Gasteiger partial charge in [0.2, 0.25) is 15.9 Å². The maximum atomic E-state index is 14.1. The van der Waals surface area contributed by atoms with E-state index in [0.717, 1.165) is 56.0 Å². The lowest BCUT2D eigenvalue weighted by atomic mass is 9.93. The van der Waals surface area contributed by atoms with Gasteiger partial charge in [0.15, 0.2) is 0 Å². The molecule has 0 unspecified atom stereocenters. The maximum absolute atomic E-state index is 14.1. The van der Waals surface area contributed by atoms with Crippen molar-refractivity contribution in [2.75, 3.05) is 19.7 Å². The summed E-state index contributed by atoms with van der Waals surface area (Å²) in [4.78, 5) is 11.9. The standard InChI is InChI=1S/C29H31ClFN5O4S/c30-21-5-4-20(24(31)14-21)18-40-29-3-1-2-25(34-29)19-8-11-35(12-9-19)17-28-33-26-15-23(41(32,37)38)6-7-27(26)36(28)16-22-10-13-39-22/h1-7,14-15,19,22H,8-13,16-18H2,(H2,32,37,38)/t22-/m0/s1. The molecule has 9 nitrogen and oxygen atoms in total. The fourth-order valence-electron chi connectivity index (χ4n) is 5.41. The van der Waals surface area contributed by atoms with Crippen LogP contribution in [0.4, 0.5) is 4.39 Å². The van der Waals surface area contributed by atoms with E-state index in [4.69, 9.17) is 36.2 Å². The molecule has 0 amide bonds. The van der Waals surface area contributed by atoms with E-state index in [1.807, 2.05) is 12.1 Å². The zero-order valence-electron chi connectivity index (χ0n) is 22.4. The van der Waals surface area contributed by atoms with E-state index in [-0.39, 0.29) is 23.5 Å². The second-order valence-electron chi connectivity index (χ2n) is 10.6. The number of fused-ring (bicyclic) bond motifs is 1. The quantitative estimate of drug-likeness (QED) is 0.299. The van der Waals surface area contributed by atoms with E-state index >= 15 is 0 Å². The third-order valence-electron chi connectivity index (χ3n) is 7.81. The summed E-state index contributed by atoms with van der Waals surface area (Å²) in [5.74, 6) is 1.22. The predicted octanol–water partition coefficient (Wildman–Crippen LogP) is 4.62. The van der Waals surface area contributed by atoms with Crippen LogP contribution in [0.1, 0.15) is 42.3 Å². The van der Waals surface area contributed by atoms with Gasteiger partial charge in [-0.05, 0) is 68.8 Å². The molecule has 2 aromatic carbocycles. The zero-order valence-corrected chi connectivity index (χ0v) is 24.0. The minimum Gasteiger partial charge on any atom is -0.473 e. The SMILES string of the molecule is NS(=O)(=O)c1ccc2c(c1)nc(CN1CCC(c3cccc(OCc4ccc(Cl)cc4F)n3)CC1)n2C[C@@H]1CCO1. The Morgan fingerprint density at radius 2 is 1.88 bits per heavy atom. The Balaban J connectivity index is 1.12. The summed E-state index contributed by atoms with van der Waals surface area (Å²) in [7, 11) is -3.82. The minimum atomic E-state index is -3.82. The number of imidazole rings is 1. The highest BCUT2D eigenvalue weighted by atomic mass is 35.5. The number of aromatic nitrogens is 3. The highest BCUT2D eigenvalue weighted by molar-refractivity contribution is 7.89. The van der Waals surface area contributed by atoms with Gasteiger partial charge in [-0.3, -0.25) is 4.90 Å². The van der Waals surface area contributed by atoms with Gasteiger partial charge in [0.25, 0.3) is 0 Å². The minimum absolute atomic E-state index is 0.0546. The van der Waals surface area contributed by atoms with E-state index in [0.29, 0.717) is 35.1 Å². The number of pyridine rings is 1. The van der Waals surface area contributed by atoms with Crippen LogP contribution in [0.2, 0.25) is 5.02 Å². The lowest BCUT2D eigenvalue weighted by molar-refractivity contribution is -0.0592. The molecule has 0 radical (unpaired) electrons. The Bertz CT molecular complexity index is 1670. The second kappa shape index (κ2) is 11.7. The van der Waals surface area contributed by atoms with Gasteiger partial charge < -0.3 is 14.0 Å². The molecule has 2 saturated heterocycles. The van der Waals surface area contributed by atoms with Gasteiger partial charge in [-0.15, -0.1) is 0 Å². The fourth-order valence-corrected chi connectivity index (χ4v) is 6.10. The van der Waals surface area contributed by atoms with Gasteiger partial charge >= 0.3 is 0 Å². The van der Waals surface area contributed by atoms with Crippen LogP contribution in [-0.2, 0) is 34.5 Å². The number of primary sulfonamides is 1. The number of benzene rings is 2. The molecule has 1 atom stereocenters. The summed E-state index contributed by atoms with van der Waals surface area (Å²) in [6.07, 6.45) is 2.96. The Hall–Kier alpha value is -3.09. The van der Waals surface area contributed by atoms with Crippen LogP contribution in [0.3, 0.4) is 0 Å². The van der Waals surface area contributed by atoms with Crippen LogP contribution in [0.25, 0.3) is 11.0 Å². The number of likely N-dealkylation sites (tertiary alicyclic amines) is 1. The molecule has 0 aliphatic carbocycles. The summed E-state index contributed by atoms with van der Waals surface area (Å²) in [5.41, 5.74) is 2.87. The van der Waals surface area contributed by atoms with Crippen LogP contribution < -0.4 is 9.88 Å². The van der Waals surface area contributed by atoms with Crippen LogP contribution in [0, 0.1) is 5.82 Å². The maximum Gasteiger partial charge on any atom is 0.238 e. The average Bonchev–Trinajstić information content (AvgIpc) is 3.26. The van der Waals surface area contributed by atoms with E-state index in [1.54, 1.807) is 30.3 Å². The van der Waals surface area contributed by atoms with Crippen molar-refractivity contribution in [2.45, 2.75) is 55.9 Å². The summed E-state index contributed by atoms with van der Waals surface area (Å²) in [5, 5.41) is 5.70. The molecule has 41 heavy (non-hydrogen) atoms. The van der Waals surface area contributed by atoms with Gasteiger partial charge in [-0.2, -0.15) is 0 Å². The normalized spacial score (nSPS) is 18.5. The van der Waals surface area contributed by atoms with Gasteiger partial charge in [0.05, 0.1) is 35.1 Å². The molecule has 2 N–H and O–H groups in total. The van der Waals surface area contributed by atoms with Crippen molar-refractivity contribution in [2.24, 2.45) is 5.14 Å². The monoisotopic (exact) mass is 599 g/mol. The number of nitrogens with two attached hydrogens (primary N) is 1. The van der Waals surface area contributed by atoms with Gasteiger partial charge in [-0.25, -0.2) is 27.9 Å². The molecule has 0 saturated carbocycles. The molecule has 4 aromatic rings. The summed E-state index contributed by atoms with van der Waals surface area (Å²) in [6, 6.07) is 15.1.